The smallest absolute Gasteiger partial charge is 0.282 e. The number of ether oxygens (including phenoxy) is 3. The molecule has 0 aliphatic heterocycles. The minimum atomic E-state index is -0.892. The lowest BCUT2D eigenvalue weighted by Gasteiger charge is -2.33. The molecule has 4 heteroatoms. The van der Waals surface area contributed by atoms with Gasteiger partial charge in [-0.15, -0.1) is 0 Å². The molecule has 0 amide bonds. The van der Waals surface area contributed by atoms with Gasteiger partial charge in [-0.25, -0.2) is 0 Å². The highest BCUT2D eigenvalue weighted by atomic mass is 16.9. The van der Waals surface area contributed by atoms with E-state index >= 15 is 0 Å². The summed E-state index contributed by atoms with van der Waals surface area (Å²) in [6, 6.07) is 0. The molecular formula is C20H39NO3. The van der Waals surface area contributed by atoms with Gasteiger partial charge >= 0.3 is 0 Å². The summed E-state index contributed by atoms with van der Waals surface area (Å²) >= 11 is 0. The van der Waals surface area contributed by atoms with E-state index < -0.39 is 5.97 Å². The molecular weight excluding hydrogens is 302 g/mol. The molecule has 0 saturated carbocycles. The highest BCUT2D eigenvalue weighted by Crippen LogP contribution is 2.22. The second kappa shape index (κ2) is 13.6. The number of hydrogen-bond acceptors (Lipinski definition) is 4. The molecule has 0 spiro atoms. The number of allylic oxidation sites excluding steroid dienone is 2. The zero-order valence-electron chi connectivity index (χ0n) is 17.0. The van der Waals surface area contributed by atoms with E-state index in [1.165, 1.54) is 11.1 Å². The average Bonchev–Trinajstić information content (AvgIpc) is 2.50. The van der Waals surface area contributed by atoms with Crippen LogP contribution < -0.4 is 0 Å². The van der Waals surface area contributed by atoms with Gasteiger partial charge < -0.3 is 14.2 Å². The van der Waals surface area contributed by atoms with E-state index in [1.807, 2.05) is 20.8 Å². The van der Waals surface area contributed by atoms with Crippen molar-refractivity contribution in [2.75, 3.05) is 39.5 Å². The Morgan fingerprint density at radius 3 is 1.54 bits per heavy atom. The van der Waals surface area contributed by atoms with Crippen LogP contribution in [-0.4, -0.2) is 50.3 Å². The molecule has 0 bridgehead atoms. The second-order valence-electron chi connectivity index (χ2n) is 6.41. The van der Waals surface area contributed by atoms with Crippen LogP contribution in [-0.2, 0) is 14.2 Å². The summed E-state index contributed by atoms with van der Waals surface area (Å²) in [6.07, 6.45) is 6.26. The Labute approximate surface area is 149 Å². The molecule has 142 valence electrons. The summed E-state index contributed by atoms with van der Waals surface area (Å²) in [4.78, 5) is 2.44. The molecule has 0 heterocycles. The lowest BCUT2D eigenvalue weighted by atomic mass is 10.2. The maximum absolute atomic E-state index is 5.80. The van der Waals surface area contributed by atoms with Crippen LogP contribution in [0.1, 0.15) is 61.3 Å². The quantitative estimate of drug-likeness (QED) is 0.336. The summed E-state index contributed by atoms with van der Waals surface area (Å²) in [5, 5.41) is 0. The third-order valence-corrected chi connectivity index (χ3v) is 3.57. The first-order valence-electron chi connectivity index (χ1n) is 9.30. The van der Waals surface area contributed by atoms with Crippen molar-refractivity contribution in [1.82, 2.24) is 4.90 Å². The lowest BCUT2D eigenvalue weighted by molar-refractivity contribution is -0.380. The largest absolute Gasteiger partial charge is 0.328 e. The Bertz CT molecular complexity index is 332. The van der Waals surface area contributed by atoms with Crippen molar-refractivity contribution in [3.05, 3.63) is 23.3 Å². The van der Waals surface area contributed by atoms with Crippen molar-refractivity contribution >= 4 is 0 Å². The van der Waals surface area contributed by atoms with Crippen LogP contribution in [0.2, 0.25) is 0 Å². The van der Waals surface area contributed by atoms with E-state index in [9.17, 15) is 0 Å². The van der Waals surface area contributed by atoms with Crippen LogP contribution in [0.3, 0.4) is 0 Å². The average molecular weight is 342 g/mol. The SMILES string of the molecule is CCOC(CCCN(CC=C(C)C)CC=C(C)C)(OCC)OCC. The fraction of sp³-hybridized carbons (Fsp3) is 0.800. The second-order valence-corrected chi connectivity index (χ2v) is 6.41. The van der Waals surface area contributed by atoms with E-state index in [2.05, 4.69) is 44.7 Å². The maximum atomic E-state index is 5.80. The highest BCUT2D eigenvalue weighted by molar-refractivity contribution is 4.98. The first kappa shape index (κ1) is 23.3. The third kappa shape index (κ3) is 11.0. The fourth-order valence-electron chi connectivity index (χ4n) is 2.40. The minimum absolute atomic E-state index is 0.583. The van der Waals surface area contributed by atoms with Crippen LogP contribution in [0.5, 0.6) is 0 Å². The van der Waals surface area contributed by atoms with E-state index in [1.54, 1.807) is 0 Å². The monoisotopic (exact) mass is 341 g/mol. The molecule has 0 radical (unpaired) electrons. The fourth-order valence-corrected chi connectivity index (χ4v) is 2.40. The van der Waals surface area contributed by atoms with Crippen molar-refractivity contribution in [3.8, 4) is 0 Å². The standard InChI is InChI=1S/C20H39NO3/c1-8-22-20(23-9-2,24-10-3)14-11-15-21(16-12-18(4)5)17-13-19(6)7/h12-13H,8-11,14-17H2,1-7H3. The van der Waals surface area contributed by atoms with Gasteiger partial charge in [0.25, 0.3) is 5.97 Å². The minimum Gasteiger partial charge on any atom is -0.328 e. The third-order valence-electron chi connectivity index (χ3n) is 3.57. The molecule has 0 fully saturated rings. The Morgan fingerprint density at radius 2 is 1.21 bits per heavy atom. The predicted molar refractivity (Wildman–Crippen MR) is 102 cm³/mol. The molecule has 0 atom stereocenters. The van der Waals surface area contributed by atoms with Crippen LogP contribution in [0.25, 0.3) is 0 Å². The summed E-state index contributed by atoms with van der Waals surface area (Å²) in [7, 11) is 0. The van der Waals surface area contributed by atoms with Crippen LogP contribution >= 0.6 is 0 Å². The van der Waals surface area contributed by atoms with E-state index in [4.69, 9.17) is 14.2 Å². The molecule has 0 aromatic carbocycles. The van der Waals surface area contributed by atoms with E-state index in [-0.39, 0.29) is 0 Å². The lowest BCUT2D eigenvalue weighted by Crippen LogP contribution is -2.40. The van der Waals surface area contributed by atoms with Crippen molar-refractivity contribution < 1.29 is 14.2 Å². The van der Waals surface area contributed by atoms with Gasteiger partial charge in [0.2, 0.25) is 0 Å². The Hall–Kier alpha value is -0.680. The van der Waals surface area contributed by atoms with Crippen molar-refractivity contribution in [1.29, 1.82) is 0 Å². The van der Waals surface area contributed by atoms with Crippen LogP contribution in [0, 0.1) is 0 Å². The van der Waals surface area contributed by atoms with Gasteiger partial charge in [-0.3, -0.25) is 4.90 Å². The molecule has 0 aliphatic rings. The van der Waals surface area contributed by atoms with Gasteiger partial charge in [-0.05, 0) is 61.4 Å². The zero-order valence-corrected chi connectivity index (χ0v) is 17.0. The zero-order chi connectivity index (χ0) is 18.4. The Kier molecular flexibility index (Phi) is 13.2. The van der Waals surface area contributed by atoms with Gasteiger partial charge in [0.1, 0.15) is 0 Å². The summed E-state index contributed by atoms with van der Waals surface area (Å²) in [5.74, 6) is -0.892. The summed E-state index contributed by atoms with van der Waals surface area (Å²) in [6.45, 7) is 19.2. The maximum Gasteiger partial charge on any atom is 0.282 e. The molecule has 0 aromatic heterocycles. The van der Waals surface area contributed by atoms with Crippen LogP contribution in [0.15, 0.2) is 23.3 Å². The number of hydrogen-bond donors (Lipinski definition) is 0. The van der Waals surface area contributed by atoms with Gasteiger partial charge in [-0.2, -0.15) is 0 Å². The topological polar surface area (TPSA) is 30.9 Å². The molecule has 0 aromatic rings. The molecule has 0 rings (SSSR count). The summed E-state index contributed by atoms with van der Waals surface area (Å²) in [5.41, 5.74) is 2.70. The molecule has 24 heavy (non-hydrogen) atoms. The molecule has 0 aliphatic carbocycles. The number of rotatable bonds is 14. The Morgan fingerprint density at radius 1 is 0.792 bits per heavy atom. The van der Waals surface area contributed by atoms with Crippen molar-refractivity contribution in [2.45, 2.75) is 67.3 Å². The van der Waals surface area contributed by atoms with Crippen LogP contribution in [0.4, 0.5) is 0 Å². The van der Waals surface area contributed by atoms with Gasteiger partial charge in [0, 0.05) is 39.3 Å². The first-order chi connectivity index (χ1) is 11.4. The molecule has 0 unspecified atom stereocenters. The molecule has 0 saturated heterocycles. The predicted octanol–water partition coefficient (Wildman–Crippen LogP) is 4.76. The van der Waals surface area contributed by atoms with Gasteiger partial charge in [0.05, 0.1) is 0 Å². The Balaban J connectivity index is 4.71. The van der Waals surface area contributed by atoms with Gasteiger partial charge in [-0.1, -0.05) is 23.3 Å². The first-order valence-corrected chi connectivity index (χ1v) is 9.30. The number of nitrogens with zero attached hydrogens (tertiary/aromatic N) is 1. The van der Waals surface area contributed by atoms with Crippen molar-refractivity contribution in [3.63, 3.8) is 0 Å². The van der Waals surface area contributed by atoms with Crippen molar-refractivity contribution in [2.24, 2.45) is 0 Å². The highest BCUT2D eigenvalue weighted by Gasteiger charge is 2.31. The molecule has 4 nitrogen and oxygen atoms in total. The molecule has 0 N–H and O–H groups in total. The van der Waals surface area contributed by atoms with E-state index in [0.29, 0.717) is 19.8 Å². The normalized spacial score (nSPS) is 11.7. The van der Waals surface area contributed by atoms with E-state index in [0.717, 1.165) is 32.5 Å². The van der Waals surface area contributed by atoms with Gasteiger partial charge in [0.15, 0.2) is 0 Å². The summed E-state index contributed by atoms with van der Waals surface area (Å²) < 4.78 is 17.4.